The van der Waals surface area contributed by atoms with Crippen LogP contribution in [0.15, 0.2) is 29.2 Å². The zero-order valence-electron chi connectivity index (χ0n) is 14.0. The lowest BCUT2D eigenvalue weighted by Crippen LogP contribution is -2.49. The summed E-state index contributed by atoms with van der Waals surface area (Å²) in [5, 5.41) is 0. The largest absolute Gasteiger partial charge is 0.381 e. The molecule has 1 atom stereocenters. The van der Waals surface area contributed by atoms with Crippen molar-refractivity contribution >= 4 is 15.7 Å². The average Bonchev–Trinajstić information content (AvgIpc) is 3.07. The van der Waals surface area contributed by atoms with E-state index in [0.29, 0.717) is 24.6 Å². The Hall–Kier alpha value is -1.44. The molecule has 0 aliphatic carbocycles. The van der Waals surface area contributed by atoms with Crippen LogP contribution in [0.25, 0.3) is 0 Å². The first kappa shape index (κ1) is 17.4. The maximum absolute atomic E-state index is 12.6. The van der Waals surface area contributed by atoms with E-state index in [4.69, 9.17) is 4.74 Å². The van der Waals surface area contributed by atoms with Crippen LogP contribution in [0, 0.1) is 5.92 Å². The summed E-state index contributed by atoms with van der Waals surface area (Å²) in [5.74, 6) is 0.517. The van der Waals surface area contributed by atoms with Crippen LogP contribution in [0.5, 0.6) is 0 Å². The Balaban J connectivity index is 1.59. The van der Waals surface area contributed by atoms with Crippen molar-refractivity contribution in [3.05, 3.63) is 29.8 Å². The number of nitrogens with zero attached hydrogens (tertiary/aromatic N) is 2. The minimum absolute atomic E-state index is 0.0932. The van der Waals surface area contributed by atoms with Gasteiger partial charge < -0.3 is 9.64 Å². The number of benzene rings is 1. The number of ether oxygens (including phenoxy) is 1. The third-order valence-electron chi connectivity index (χ3n) is 4.71. The number of hydrogen-bond donors (Lipinski definition) is 0. The lowest BCUT2D eigenvalue weighted by Gasteiger charge is -2.35. The van der Waals surface area contributed by atoms with Gasteiger partial charge in [-0.1, -0.05) is 6.07 Å². The molecule has 2 aliphatic heterocycles. The number of hydrogen-bond acceptors (Lipinski definition) is 5. The van der Waals surface area contributed by atoms with Gasteiger partial charge in [0.05, 0.1) is 11.5 Å². The minimum Gasteiger partial charge on any atom is -0.381 e. The number of rotatable bonds is 4. The molecule has 0 spiro atoms. The molecule has 24 heavy (non-hydrogen) atoms. The zero-order valence-corrected chi connectivity index (χ0v) is 14.8. The monoisotopic (exact) mass is 352 g/mol. The molecule has 6 nitrogen and oxygen atoms in total. The summed E-state index contributed by atoms with van der Waals surface area (Å²) in [6, 6.07) is 6.30. The molecule has 0 aromatic heterocycles. The Labute approximate surface area is 143 Å². The lowest BCUT2D eigenvalue weighted by atomic mass is 10.1. The SMILES string of the molecule is CS(=O)(=O)c1cccc(C(=O)N2CCN(C[C@@H]3CCOC3)CC2)c1. The van der Waals surface area contributed by atoms with Crippen molar-refractivity contribution in [2.24, 2.45) is 5.92 Å². The van der Waals surface area contributed by atoms with E-state index in [9.17, 15) is 13.2 Å². The molecule has 7 heteroatoms. The molecule has 1 amide bonds. The first-order valence-electron chi connectivity index (χ1n) is 8.33. The first-order valence-corrected chi connectivity index (χ1v) is 10.2. The number of sulfone groups is 1. The van der Waals surface area contributed by atoms with E-state index in [0.717, 1.165) is 45.5 Å². The van der Waals surface area contributed by atoms with Crippen LogP contribution < -0.4 is 0 Å². The second-order valence-electron chi connectivity index (χ2n) is 6.62. The van der Waals surface area contributed by atoms with E-state index in [1.165, 1.54) is 12.1 Å². The molecule has 2 aliphatic rings. The highest BCUT2D eigenvalue weighted by Gasteiger charge is 2.25. The van der Waals surface area contributed by atoms with Crippen LogP contribution in [0.3, 0.4) is 0 Å². The molecule has 132 valence electrons. The fourth-order valence-corrected chi connectivity index (χ4v) is 3.94. The predicted octanol–water partition coefficient (Wildman–Crippen LogP) is 0.884. The van der Waals surface area contributed by atoms with Crippen molar-refractivity contribution in [3.63, 3.8) is 0 Å². The Morgan fingerprint density at radius 1 is 1.25 bits per heavy atom. The molecule has 2 saturated heterocycles. The van der Waals surface area contributed by atoms with E-state index in [1.54, 1.807) is 12.1 Å². The van der Waals surface area contributed by atoms with E-state index >= 15 is 0 Å². The maximum Gasteiger partial charge on any atom is 0.253 e. The molecule has 0 unspecified atom stereocenters. The summed E-state index contributed by atoms with van der Waals surface area (Å²) in [7, 11) is -3.30. The molecule has 1 aromatic carbocycles. The van der Waals surface area contributed by atoms with Crippen LogP contribution in [-0.4, -0.2) is 76.3 Å². The summed E-state index contributed by atoms with van der Waals surface area (Å²) in [4.78, 5) is 17.0. The van der Waals surface area contributed by atoms with Gasteiger partial charge in [0, 0.05) is 51.1 Å². The molecule has 0 bridgehead atoms. The normalized spacial score (nSPS) is 22.7. The van der Waals surface area contributed by atoms with Gasteiger partial charge in [0.1, 0.15) is 0 Å². The standard InChI is InChI=1S/C17H24N2O4S/c1-24(21,22)16-4-2-3-15(11-16)17(20)19-8-6-18(7-9-19)12-14-5-10-23-13-14/h2-4,11,14H,5-10,12-13H2,1H3/t14-/m0/s1. The average molecular weight is 352 g/mol. The quantitative estimate of drug-likeness (QED) is 0.805. The molecular formula is C17H24N2O4S. The topological polar surface area (TPSA) is 66.9 Å². The first-order chi connectivity index (χ1) is 11.4. The highest BCUT2D eigenvalue weighted by molar-refractivity contribution is 7.90. The Kier molecular flexibility index (Phi) is 5.22. The third kappa shape index (κ3) is 4.15. The van der Waals surface area contributed by atoms with E-state index in [1.807, 2.05) is 4.90 Å². The summed E-state index contributed by atoms with van der Waals surface area (Å²) in [5.41, 5.74) is 0.440. The van der Waals surface area contributed by atoms with Crippen LogP contribution in [0.2, 0.25) is 0 Å². The van der Waals surface area contributed by atoms with Gasteiger partial charge in [0.25, 0.3) is 5.91 Å². The Morgan fingerprint density at radius 2 is 2.00 bits per heavy atom. The molecule has 1 aromatic rings. The molecule has 3 rings (SSSR count). The fraction of sp³-hybridized carbons (Fsp3) is 0.588. The van der Waals surface area contributed by atoms with Gasteiger partial charge in [0.15, 0.2) is 9.84 Å². The highest BCUT2D eigenvalue weighted by Crippen LogP contribution is 2.17. The number of carbonyl (C=O) groups excluding carboxylic acids is 1. The number of amides is 1. The molecule has 2 heterocycles. The maximum atomic E-state index is 12.6. The van der Waals surface area contributed by atoms with E-state index in [2.05, 4.69) is 4.90 Å². The highest BCUT2D eigenvalue weighted by atomic mass is 32.2. The number of piperazine rings is 1. The predicted molar refractivity (Wildman–Crippen MR) is 90.8 cm³/mol. The van der Waals surface area contributed by atoms with Gasteiger partial charge in [0.2, 0.25) is 0 Å². The van der Waals surface area contributed by atoms with Crippen LogP contribution in [-0.2, 0) is 14.6 Å². The summed E-state index contributed by atoms with van der Waals surface area (Å²) in [6.07, 6.45) is 2.28. The van der Waals surface area contributed by atoms with Crippen LogP contribution >= 0.6 is 0 Å². The van der Waals surface area contributed by atoms with Crippen molar-refractivity contribution < 1.29 is 17.9 Å². The minimum atomic E-state index is -3.30. The molecule has 0 saturated carbocycles. The summed E-state index contributed by atoms with van der Waals surface area (Å²) in [6.45, 7) is 5.80. The molecular weight excluding hydrogens is 328 g/mol. The van der Waals surface area contributed by atoms with Crippen LogP contribution in [0.1, 0.15) is 16.8 Å². The van der Waals surface area contributed by atoms with Crippen molar-refractivity contribution in [2.45, 2.75) is 11.3 Å². The Bertz CT molecular complexity index is 690. The second-order valence-corrected chi connectivity index (χ2v) is 8.64. The third-order valence-corrected chi connectivity index (χ3v) is 5.82. The van der Waals surface area contributed by atoms with Gasteiger partial charge in [-0.2, -0.15) is 0 Å². The van der Waals surface area contributed by atoms with Gasteiger partial charge >= 0.3 is 0 Å². The molecule has 0 radical (unpaired) electrons. The summed E-state index contributed by atoms with van der Waals surface area (Å²) < 4.78 is 28.7. The van der Waals surface area contributed by atoms with E-state index < -0.39 is 9.84 Å². The van der Waals surface area contributed by atoms with E-state index in [-0.39, 0.29) is 10.8 Å². The van der Waals surface area contributed by atoms with Gasteiger partial charge in [-0.3, -0.25) is 9.69 Å². The lowest BCUT2D eigenvalue weighted by molar-refractivity contribution is 0.0611. The fourth-order valence-electron chi connectivity index (χ4n) is 3.27. The zero-order chi connectivity index (χ0) is 17.2. The summed E-state index contributed by atoms with van der Waals surface area (Å²) >= 11 is 0. The number of carbonyl (C=O) groups is 1. The smallest absolute Gasteiger partial charge is 0.253 e. The van der Waals surface area contributed by atoms with Gasteiger partial charge in [-0.15, -0.1) is 0 Å². The van der Waals surface area contributed by atoms with Crippen molar-refractivity contribution in [2.75, 3.05) is 52.2 Å². The second kappa shape index (κ2) is 7.21. The molecule has 0 N–H and O–H groups in total. The van der Waals surface area contributed by atoms with Crippen molar-refractivity contribution in [1.82, 2.24) is 9.80 Å². The molecule has 2 fully saturated rings. The van der Waals surface area contributed by atoms with Crippen LogP contribution in [0.4, 0.5) is 0 Å². The van der Waals surface area contributed by atoms with Crippen molar-refractivity contribution in [3.8, 4) is 0 Å². The van der Waals surface area contributed by atoms with Gasteiger partial charge in [-0.25, -0.2) is 8.42 Å². The Morgan fingerprint density at radius 3 is 2.62 bits per heavy atom. The van der Waals surface area contributed by atoms with Crippen molar-refractivity contribution in [1.29, 1.82) is 0 Å². The van der Waals surface area contributed by atoms with Gasteiger partial charge in [-0.05, 0) is 30.5 Å².